The normalized spacial score (nSPS) is 19.6. The Morgan fingerprint density at radius 3 is 2.50 bits per heavy atom. The molecule has 10 nitrogen and oxygen atoms in total. The summed E-state index contributed by atoms with van der Waals surface area (Å²) in [6.45, 7) is 7.51. The van der Waals surface area contributed by atoms with Crippen LogP contribution in [0.3, 0.4) is 0 Å². The largest absolute Gasteiger partial charge is 0.496 e. The number of halogens is 1. The number of nitrogens with two attached hydrogens (primary N) is 1. The van der Waals surface area contributed by atoms with Crippen molar-refractivity contribution in [1.82, 2.24) is 20.0 Å². The third-order valence-electron chi connectivity index (χ3n) is 8.11. The fraction of sp³-hybridized carbons (Fsp3) is 0.548. The molecule has 230 valence electrons. The maximum atomic E-state index is 13.0. The lowest BCUT2D eigenvalue weighted by atomic mass is 10.0. The smallest absolute Gasteiger partial charge is 0.338 e. The van der Waals surface area contributed by atoms with Gasteiger partial charge in [0.2, 0.25) is 0 Å². The van der Waals surface area contributed by atoms with Crippen LogP contribution in [0.1, 0.15) is 45.5 Å². The molecule has 2 fully saturated rings. The number of carbonyl (C=O) groups is 2. The zero-order valence-electron chi connectivity index (χ0n) is 24.9. The Morgan fingerprint density at radius 1 is 1.07 bits per heavy atom. The first kappa shape index (κ1) is 32.0. The number of hydrogen-bond acceptors (Lipinski definition) is 9. The second-order valence-corrected chi connectivity index (χ2v) is 11.5. The van der Waals surface area contributed by atoms with Crippen LogP contribution in [0.5, 0.6) is 5.75 Å². The highest BCUT2D eigenvalue weighted by molar-refractivity contribution is 6.33. The molecule has 2 aliphatic heterocycles. The van der Waals surface area contributed by atoms with Crippen molar-refractivity contribution in [3.05, 3.63) is 58.1 Å². The standard InChI is InChI=1S/C31H44ClN5O5/c1-35(20-22-6-8-23(9-7-22)31(39)42-17-16-36-11-4-5-12-36)14-15-37-13-10-27(29(21-37)41-3)34-30(38)24-18-25(32)26(33)19-28(24)40-2/h6-9,18-19,27,29H,4-5,10-17,20-21,33H2,1-3H3,(H,34,38). The number of rotatable bonds is 13. The third kappa shape index (κ3) is 8.81. The second-order valence-electron chi connectivity index (χ2n) is 11.1. The molecule has 0 bridgehead atoms. The number of likely N-dealkylation sites (N-methyl/N-ethyl adjacent to an activating group) is 1. The van der Waals surface area contributed by atoms with Crippen LogP contribution in [-0.4, -0.2) is 112 Å². The summed E-state index contributed by atoms with van der Waals surface area (Å²) in [5.74, 6) is -0.153. The molecule has 2 unspecified atom stereocenters. The Hall–Kier alpha value is -2.89. The summed E-state index contributed by atoms with van der Waals surface area (Å²) < 4.78 is 16.6. The van der Waals surface area contributed by atoms with Crippen LogP contribution in [0.2, 0.25) is 5.02 Å². The molecule has 0 saturated carbocycles. The van der Waals surface area contributed by atoms with Crippen molar-refractivity contribution in [2.75, 3.05) is 79.4 Å². The highest BCUT2D eigenvalue weighted by Gasteiger charge is 2.31. The van der Waals surface area contributed by atoms with E-state index in [0.717, 1.165) is 57.8 Å². The van der Waals surface area contributed by atoms with E-state index in [9.17, 15) is 9.59 Å². The Balaban J connectivity index is 1.19. The van der Waals surface area contributed by atoms with Gasteiger partial charge in [-0.2, -0.15) is 0 Å². The molecular weight excluding hydrogens is 558 g/mol. The van der Waals surface area contributed by atoms with Crippen LogP contribution >= 0.6 is 11.6 Å². The van der Waals surface area contributed by atoms with Gasteiger partial charge >= 0.3 is 5.97 Å². The Labute approximate surface area is 254 Å². The van der Waals surface area contributed by atoms with Gasteiger partial charge in [0.25, 0.3) is 5.91 Å². The molecule has 4 rings (SSSR count). The average molecular weight is 602 g/mol. The molecule has 3 N–H and O–H groups in total. The maximum absolute atomic E-state index is 13.0. The van der Waals surface area contributed by atoms with Gasteiger partial charge in [-0.25, -0.2) is 4.79 Å². The number of likely N-dealkylation sites (tertiary alicyclic amines) is 2. The monoisotopic (exact) mass is 601 g/mol. The molecule has 2 aromatic carbocycles. The summed E-state index contributed by atoms with van der Waals surface area (Å²) in [6, 6.07) is 10.6. The molecule has 2 aliphatic rings. The SMILES string of the molecule is COc1cc(N)c(Cl)cc1C(=O)NC1CCN(CCN(C)Cc2ccc(C(=O)OCCN3CCCC3)cc2)CC1OC. The third-order valence-corrected chi connectivity index (χ3v) is 8.43. The van der Waals surface area contributed by atoms with Gasteiger partial charge in [-0.05, 0) is 63.2 Å². The number of benzene rings is 2. The zero-order valence-corrected chi connectivity index (χ0v) is 25.7. The number of anilines is 1. The minimum atomic E-state index is -0.268. The fourth-order valence-corrected chi connectivity index (χ4v) is 5.72. The zero-order chi connectivity index (χ0) is 30.1. The van der Waals surface area contributed by atoms with Crippen LogP contribution in [-0.2, 0) is 16.0 Å². The van der Waals surface area contributed by atoms with E-state index in [1.165, 1.54) is 26.0 Å². The summed E-state index contributed by atoms with van der Waals surface area (Å²) in [6.07, 6.45) is 3.07. The van der Waals surface area contributed by atoms with Crippen LogP contribution < -0.4 is 15.8 Å². The summed E-state index contributed by atoms with van der Waals surface area (Å²) in [5.41, 5.74) is 8.29. The van der Waals surface area contributed by atoms with Gasteiger partial charge in [-0.3, -0.25) is 14.6 Å². The van der Waals surface area contributed by atoms with Gasteiger partial charge in [0.1, 0.15) is 12.4 Å². The molecule has 0 aromatic heterocycles. The number of nitrogens with one attached hydrogen (secondary N) is 1. The van der Waals surface area contributed by atoms with E-state index in [1.807, 2.05) is 24.3 Å². The van der Waals surface area contributed by atoms with Crippen molar-refractivity contribution < 1.29 is 23.8 Å². The molecule has 0 radical (unpaired) electrons. The van der Waals surface area contributed by atoms with E-state index < -0.39 is 0 Å². The Kier molecular flexibility index (Phi) is 11.9. The lowest BCUT2D eigenvalue weighted by Gasteiger charge is -2.38. The van der Waals surface area contributed by atoms with Gasteiger partial charge in [0.05, 0.1) is 41.1 Å². The topological polar surface area (TPSA) is 110 Å². The van der Waals surface area contributed by atoms with Crippen molar-refractivity contribution in [1.29, 1.82) is 0 Å². The number of esters is 1. The van der Waals surface area contributed by atoms with Crippen molar-refractivity contribution >= 4 is 29.2 Å². The molecule has 0 spiro atoms. The Morgan fingerprint density at radius 2 is 1.81 bits per heavy atom. The lowest BCUT2D eigenvalue weighted by molar-refractivity contribution is 0.00440. The van der Waals surface area contributed by atoms with Crippen LogP contribution in [0.25, 0.3) is 0 Å². The maximum Gasteiger partial charge on any atom is 0.338 e. The number of nitrogen functional groups attached to an aromatic ring is 1. The number of amides is 1. The van der Waals surface area contributed by atoms with E-state index >= 15 is 0 Å². The number of piperidine rings is 1. The summed E-state index contributed by atoms with van der Waals surface area (Å²) in [7, 11) is 5.26. The van der Waals surface area contributed by atoms with Gasteiger partial charge < -0.3 is 30.2 Å². The van der Waals surface area contributed by atoms with Gasteiger partial charge in [-0.1, -0.05) is 23.7 Å². The number of methoxy groups -OCH3 is 2. The van der Waals surface area contributed by atoms with Crippen molar-refractivity contribution in [3.63, 3.8) is 0 Å². The van der Waals surface area contributed by atoms with E-state index in [0.29, 0.717) is 40.7 Å². The van der Waals surface area contributed by atoms with Gasteiger partial charge in [0.15, 0.2) is 0 Å². The molecule has 0 aliphatic carbocycles. The quantitative estimate of drug-likeness (QED) is 0.264. The molecule has 2 aromatic rings. The molecule has 2 heterocycles. The van der Waals surface area contributed by atoms with Gasteiger partial charge in [0, 0.05) is 52.4 Å². The molecular formula is C31H44ClN5O5. The fourth-order valence-electron chi connectivity index (χ4n) is 5.56. The predicted molar refractivity (Wildman–Crippen MR) is 164 cm³/mol. The summed E-state index contributed by atoms with van der Waals surface area (Å²) >= 11 is 6.15. The van der Waals surface area contributed by atoms with Gasteiger partial charge in [-0.15, -0.1) is 0 Å². The first-order valence-electron chi connectivity index (χ1n) is 14.6. The first-order valence-corrected chi connectivity index (χ1v) is 15.0. The van der Waals surface area contributed by atoms with E-state index in [2.05, 4.69) is 27.1 Å². The second kappa shape index (κ2) is 15.5. The molecule has 2 saturated heterocycles. The van der Waals surface area contributed by atoms with Crippen LogP contribution in [0, 0.1) is 0 Å². The number of hydrogen-bond donors (Lipinski definition) is 2. The molecule has 11 heteroatoms. The predicted octanol–water partition coefficient (Wildman–Crippen LogP) is 3.13. The number of ether oxygens (including phenoxy) is 3. The van der Waals surface area contributed by atoms with Crippen molar-refractivity contribution in [2.24, 2.45) is 0 Å². The highest BCUT2D eigenvalue weighted by atomic mass is 35.5. The minimum absolute atomic E-state index is 0.136. The van der Waals surface area contributed by atoms with E-state index in [1.54, 1.807) is 13.2 Å². The number of nitrogens with zero attached hydrogens (tertiary/aromatic N) is 3. The Bertz CT molecular complexity index is 1190. The lowest BCUT2D eigenvalue weighted by Crippen LogP contribution is -2.55. The average Bonchev–Trinajstić information content (AvgIpc) is 3.51. The molecule has 42 heavy (non-hydrogen) atoms. The number of carbonyl (C=O) groups excluding carboxylic acids is 2. The summed E-state index contributed by atoms with van der Waals surface area (Å²) in [5, 5.41) is 3.41. The summed E-state index contributed by atoms with van der Waals surface area (Å²) in [4.78, 5) is 32.4. The minimum Gasteiger partial charge on any atom is -0.496 e. The van der Waals surface area contributed by atoms with Crippen LogP contribution in [0.4, 0.5) is 5.69 Å². The van der Waals surface area contributed by atoms with Crippen molar-refractivity contribution in [2.45, 2.75) is 38.0 Å². The van der Waals surface area contributed by atoms with E-state index in [4.69, 9.17) is 31.5 Å². The van der Waals surface area contributed by atoms with Crippen molar-refractivity contribution in [3.8, 4) is 5.75 Å². The van der Waals surface area contributed by atoms with E-state index in [-0.39, 0.29) is 24.0 Å². The molecule has 1 amide bonds. The van der Waals surface area contributed by atoms with Crippen LogP contribution in [0.15, 0.2) is 36.4 Å². The highest BCUT2D eigenvalue weighted by Crippen LogP contribution is 2.29. The first-order chi connectivity index (χ1) is 20.3. The molecule has 2 atom stereocenters.